The lowest BCUT2D eigenvalue weighted by molar-refractivity contribution is 0.0701. The summed E-state index contributed by atoms with van der Waals surface area (Å²) in [5.74, 6) is -1.71. The number of nitrogens with one attached hydrogen (secondary N) is 1. The molecule has 1 atom stereocenters. The summed E-state index contributed by atoms with van der Waals surface area (Å²) in [7, 11) is 0. The predicted octanol–water partition coefficient (Wildman–Crippen LogP) is 3.40. The lowest BCUT2D eigenvalue weighted by atomic mass is 10.1. The number of amides is 1. The third-order valence-corrected chi connectivity index (χ3v) is 4.75. The van der Waals surface area contributed by atoms with Crippen molar-refractivity contribution < 1.29 is 19.1 Å². The van der Waals surface area contributed by atoms with E-state index in [4.69, 9.17) is 5.11 Å². The van der Waals surface area contributed by atoms with Crippen molar-refractivity contribution in [3.05, 3.63) is 50.2 Å². The molecule has 1 aromatic carbocycles. The number of hydrogen-bond donors (Lipinski definition) is 2. The third-order valence-electron chi connectivity index (χ3n) is 3.42. The Kier molecular flexibility index (Phi) is 4.79. The molecule has 5 nitrogen and oxygen atoms in total. The zero-order valence-corrected chi connectivity index (χ0v) is 14.0. The lowest BCUT2D eigenvalue weighted by Gasteiger charge is -2.12. The molecule has 0 radical (unpaired) electrons. The van der Waals surface area contributed by atoms with Crippen LogP contribution in [0, 0.1) is 26.6 Å². The monoisotopic (exact) mass is 336 g/mol. The fourth-order valence-electron chi connectivity index (χ4n) is 2.22. The molecule has 0 bridgehead atoms. The summed E-state index contributed by atoms with van der Waals surface area (Å²) < 4.78 is 13.6. The molecule has 122 valence electrons. The van der Waals surface area contributed by atoms with Crippen LogP contribution in [-0.2, 0) is 0 Å². The summed E-state index contributed by atoms with van der Waals surface area (Å²) in [6.07, 6.45) is 0. The smallest absolute Gasteiger partial charge is 0.347 e. The summed E-state index contributed by atoms with van der Waals surface area (Å²) in [6.45, 7) is 6.55. The summed E-state index contributed by atoms with van der Waals surface area (Å²) in [4.78, 5) is 27.7. The van der Waals surface area contributed by atoms with Gasteiger partial charge in [-0.25, -0.2) is 14.2 Å². The Hall–Kier alpha value is -2.28. The second-order valence-corrected chi connectivity index (χ2v) is 6.42. The fraction of sp³-hybridized carbons (Fsp3) is 0.312. The number of halogens is 1. The highest BCUT2D eigenvalue weighted by molar-refractivity contribution is 7.13. The SMILES string of the molecule is Cc1cc(C(=O)NC(C)c2nc(C)c(C(=O)O)s2)cc(C)c1F. The molecule has 1 unspecified atom stereocenters. The van der Waals surface area contributed by atoms with Gasteiger partial charge in [-0.05, 0) is 51.0 Å². The molecule has 0 saturated carbocycles. The number of carbonyl (C=O) groups is 2. The fourth-order valence-corrected chi connectivity index (χ4v) is 3.13. The summed E-state index contributed by atoms with van der Waals surface area (Å²) >= 11 is 1.04. The molecule has 1 heterocycles. The molecule has 0 saturated heterocycles. The Bertz CT molecular complexity index is 763. The van der Waals surface area contributed by atoms with Gasteiger partial charge in [0.15, 0.2) is 0 Å². The van der Waals surface area contributed by atoms with Crippen LogP contribution in [0.5, 0.6) is 0 Å². The van der Waals surface area contributed by atoms with E-state index in [0.29, 0.717) is 27.4 Å². The van der Waals surface area contributed by atoms with Gasteiger partial charge in [0.1, 0.15) is 15.7 Å². The summed E-state index contributed by atoms with van der Waals surface area (Å²) in [6, 6.07) is 2.53. The predicted molar refractivity (Wildman–Crippen MR) is 85.6 cm³/mol. The number of carbonyl (C=O) groups excluding carboxylic acids is 1. The maximum absolute atomic E-state index is 13.6. The van der Waals surface area contributed by atoms with E-state index in [9.17, 15) is 14.0 Å². The number of hydrogen-bond acceptors (Lipinski definition) is 4. The van der Waals surface area contributed by atoms with E-state index < -0.39 is 12.0 Å². The van der Waals surface area contributed by atoms with Crippen molar-refractivity contribution in [2.45, 2.75) is 33.7 Å². The van der Waals surface area contributed by atoms with E-state index in [0.717, 1.165) is 11.3 Å². The van der Waals surface area contributed by atoms with Crippen molar-refractivity contribution in [2.75, 3.05) is 0 Å². The van der Waals surface area contributed by atoms with Crippen LogP contribution in [0.1, 0.15) is 54.8 Å². The lowest BCUT2D eigenvalue weighted by Crippen LogP contribution is -2.26. The standard InChI is InChI=1S/C16H17FN2O3S/c1-7-5-11(6-8(2)12(7)17)14(20)18-10(4)15-19-9(3)13(23-15)16(21)22/h5-6,10H,1-4H3,(H,18,20)(H,21,22). The molecule has 0 fully saturated rings. The van der Waals surface area contributed by atoms with E-state index in [1.807, 2.05) is 0 Å². The van der Waals surface area contributed by atoms with Gasteiger partial charge >= 0.3 is 5.97 Å². The van der Waals surface area contributed by atoms with Gasteiger partial charge < -0.3 is 10.4 Å². The van der Waals surface area contributed by atoms with Gasteiger partial charge in [-0.1, -0.05) is 0 Å². The topological polar surface area (TPSA) is 79.3 Å². The second-order valence-electron chi connectivity index (χ2n) is 5.39. The van der Waals surface area contributed by atoms with Gasteiger partial charge in [0.05, 0.1) is 11.7 Å². The normalized spacial score (nSPS) is 12.0. The van der Waals surface area contributed by atoms with Crippen LogP contribution in [0.2, 0.25) is 0 Å². The quantitative estimate of drug-likeness (QED) is 0.897. The molecule has 7 heteroatoms. The Morgan fingerprint density at radius 2 is 1.83 bits per heavy atom. The van der Waals surface area contributed by atoms with Crippen LogP contribution >= 0.6 is 11.3 Å². The van der Waals surface area contributed by atoms with Crippen LogP contribution < -0.4 is 5.32 Å². The van der Waals surface area contributed by atoms with Gasteiger partial charge in [-0.15, -0.1) is 11.3 Å². The minimum absolute atomic E-state index is 0.162. The molecule has 0 aliphatic carbocycles. The molecule has 2 aromatic rings. The minimum atomic E-state index is -1.03. The van der Waals surface area contributed by atoms with E-state index in [-0.39, 0.29) is 16.6 Å². The van der Waals surface area contributed by atoms with Gasteiger partial charge in [0.25, 0.3) is 5.91 Å². The van der Waals surface area contributed by atoms with Crippen molar-refractivity contribution in [2.24, 2.45) is 0 Å². The minimum Gasteiger partial charge on any atom is -0.477 e. The number of nitrogens with zero attached hydrogens (tertiary/aromatic N) is 1. The molecular formula is C16H17FN2O3S. The Balaban J connectivity index is 2.20. The van der Waals surface area contributed by atoms with Crippen LogP contribution in [-0.4, -0.2) is 22.0 Å². The van der Waals surface area contributed by atoms with Crippen molar-refractivity contribution in [1.82, 2.24) is 10.3 Å². The maximum Gasteiger partial charge on any atom is 0.347 e. The van der Waals surface area contributed by atoms with Crippen LogP contribution in [0.15, 0.2) is 12.1 Å². The zero-order chi connectivity index (χ0) is 17.3. The van der Waals surface area contributed by atoms with Gasteiger partial charge in [-0.3, -0.25) is 4.79 Å². The number of benzene rings is 1. The number of aryl methyl sites for hydroxylation is 3. The molecule has 1 aromatic heterocycles. The van der Waals surface area contributed by atoms with Crippen molar-refractivity contribution in [3.8, 4) is 0 Å². The molecule has 2 N–H and O–H groups in total. The average Bonchev–Trinajstić information content (AvgIpc) is 2.86. The number of thiazole rings is 1. The second kappa shape index (κ2) is 6.45. The molecule has 2 rings (SSSR count). The molecule has 0 aliphatic heterocycles. The van der Waals surface area contributed by atoms with Gasteiger partial charge in [0.2, 0.25) is 0 Å². The first-order valence-electron chi connectivity index (χ1n) is 6.99. The molecular weight excluding hydrogens is 319 g/mol. The van der Waals surface area contributed by atoms with Crippen LogP contribution in [0.25, 0.3) is 0 Å². The highest BCUT2D eigenvalue weighted by atomic mass is 32.1. The first-order valence-corrected chi connectivity index (χ1v) is 7.80. The van der Waals surface area contributed by atoms with Crippen molar-refractivity contribution in [3.63, 3.8) is 0 Å². The molecule has 0 aliphatic rings. The number of aromatic nitrogens is 1. The molecule has 0 spiro atoms. The molecule has 1 amide bonds. The largest absolute Gasteiger partial charge is 0.477 e. The highest BCUT2D eigenvalue weighted by Gasteiger charge is 2.20. The Morgan fingerprint density at radius 3 is 2.30 bits per heavy atom. The van der Waals surface area contributed by atoms with Crippen molar-refractivity contribution >= 4 is 23.2 Å². The summed E-state index contributed by atoms with van der Waals surface area (Å²) in [5, 5.41) is 12.3. The van der Waals surface area contributed by atoms with Crippen LogP contribution in [0.4, 0.5) is 4.39 Å². The van der Waals surface area contributed by atoms with E-state index in [1.54, 1.807) is 27.7 Å². The van der Waals surface area contributed by atoms with Crippen molar-refractivity contribution in [1.29, 1.82) is 0 Å². The maximum atomic E-state index is 13.6. The summed E-state index contributed by atoms with van der Waals surface area (Å²) in [5.41, 5.74) is 1.59. The number of carboxylic acid groups (broad SMARTS) is 1. The van der Waals surface area contributed by atoms with Gasteiger partial charge in [-0.2, -0.15) is 0 Å². The van der Waals surface area contributed by atoms with E-state index in [1.165, 1.54) is 12.1 Å². The Labute approximate surface area is 137 Å². The first-order chi connectivity index (χ1) is 10.7. The number of carboxylic acids is 1. The van der Waals surface area contributed by atoms with E-state index >= 15 is 0 Å². The first kappa shape index (κ1) is 17.1. The highest BCUT2D eigenvalue weighted by Crippen LogP contribution is 2.24. The average molecular weight is 336 g/mol. The zero-order valence-electron chi connectivity index (χ0n) is 13.2. The molecule has 23 heavy (non-hydrogen) atoms. The number of rotatable bonds is 4. The van der Waals surface area contributed by atoms with Gasteiger partial charge in [0, 0.05) is 5.56 Å². The van der Waals surface area contributed by atoms with Crippen LogP contribution in [0.3, 0.4) is 0 Å². The third kappa shape index (κ3) is 3.56. The Morgan fingerprint density at radius 1 is 1.26 bits per heavy atom. The number of aromatic carboxylic acids is 1. The van der Waals surface area contributed by atoms with E-state index in [2.05, 4.69) is 10.3 Å².